The molecule has 0 aromatic heterocycles. The van der Waals surface area contributed by atoms with E-state index in [1.165, 1.54) is 5.57 Å². The van der Waals surface area contributed by atoms with Crippen molar-refractivity contribution in [2.45, 2.75) is 33.3 Å². The van der Waals surface area contributed by atoms with E-state index < -0.39 is 0 Å². The minimum Gasteiger partial charge on any atom is -0.381 e. The molecule has 0 saturated heterocycles. The maximum atomic E-state index is 5.40. The normalized spacial score (nSPS) is 38.5. The van der Waals surface area contributed by atoms with E-state index >= 15 is 0 Å². The van der Waals surface area contributed by atoms with Crippen LogP contribution in [-0.2, 0) is 4.74 Å². The van der Waals surface area contributed by atoms with Gasteiger partial charge in [-0.15, -0.1) is 0 Å². The molecule has 3 atom stereocenters. The molecule has 1 heteroatoms. The zero-order chi connectivity index (χ0) is 8.43. The van der Waals surface area contributed by atoms with Crippen LogP contribution in [0, 0.1) is 11.8 Å². The highest BCUT2D eigenvalue weighted by atomic mass is 16.5. The Morgan fingerprint density at radius 1 is 1.45 bits per heavy atom. The van der Waals surface area contributed by atoms with Crippen LogP contribution in [0.1, 0.15) is 27.2 Å². The molecule has 0 amide bonds. The molecule has 64 valence electrons. The number of hydrogen-bond acceptors (Lipinski definition) is 1. The number of methoxy groups -OCH3 is 1. The van der Waals surface area contributed by atoms with E-state index in [9.17, 15) is 0 Å². The number of rotatable bonds is 1. The van der Waals surface area contributed by atoms with Crippen LogP contribution >= 0.6 is 0 Å². The molecule has 1 aliphatic carbocycles. The van der Waals surface area contributed by atoms with Crippen molar-refractivity contribution in [2.24, 2.45) is 11.8 Å². The molecule has 1 nitrogen and oxygen atoms in total. The second-order valence-electron chi connectivity index (χ2n) is 3.71. The van der Waals surface area contributed by atoms with E-state index in [-0.39, 0.29) is 0 Å². The average Bonchev–Trinajstić information content (AvgIpc) is 1.96. The summed E-state index contributed by atoms with van der Waals surface area (Å²) < 4.78 is 5.40. The van der Waals surface area contributed by atoms with E-state index in [0.29, 0.717) is 17.9 Å². The maximum absolute atomic E-state index is 5.40. The van der Waals surface area contributed by atoms with E-state index in [2.05, 4.69) is 26.8 Å². The van der Waals surface area contributed by atoms with Crippen molar-refractivity contribution in [1.29, 1.82) is 0 Å². The summed E-state index contributed by atoms with van der Waals surface area (Å²) in [6, 6.07) is 0. The molecule has 11 heavy (non-hydrogen) atoms. The summed E-state index contributed by atoms with van der Waals surface area (Å²) in [5, 5.41) is 0. The molecule has 0 aromatic carbocycles. The maximum Gasteiger partial charge on any atom is 0.0639 e. The summed E-state index contributed by atoms with van der Waals surface area (Å²) in [4.78, 5) is 0. The third-order valence-corrected chi connectivity index (χ3v) is 2.79. The smallest absolute Gasteiger partial charge is 0.0639 e. The summed E-state index contributed by atoms with van der Waals surface area (Å²) in [6.45, 7) is 6.72. The lowest BCUT2D eigenvalue weighted by molar-refractivity contribution is 0.0397. The molecule has 0 heterocycles. The van der Waals surface area contributed by atoms with Crippen LogP contribution in [0.2, 0.25) is 0 Å². The molecule has 3 unspecified atom stereocenters. The summed E-state index contributed by atoms with van der Waals surface area (Å²) in [6.07, 6.45) is 3.91. The predicted molar refractivity (Wildman–Crippen MR) is 47.5 cm³/mol. The van der Waals surface area contributed by atoms with Gasteiger partial charge in [-0.1, -0.05) is 25.5 Å². The van der Waals surface area contributed by atoms with E-state index in [1.54, 1.807) is 0 Å². The van der Waals surface area contributed by atoms with E-state index in [4.69, 9.17) is 4.74 Å². The van der Waals surface area contributed by atoms with Crippen molar-refractivity contribution in [1.82, 2.24) is 0 Å². The van der Waals surface area contributed by atoms with Gasteiger partial charge in [-0.3, -0.25) is 0 Å². The summed E-state index contributed by atoms with van der Waals surface area (Å²) >= 11 is 0. The second-order valence-corrected chi connectivity index (χ2v) is 3.71. The first-order valence-electron chi connectivity index (χ1n) is 4.35. The standard InChI is InChI=1S/C10H18O/c1-7-5-8(2)9(3)10(6-7)11-4/h5,8-10H,6H2,1-4H3. The topological polar surface area (TPSA) is 9.23 Å². The van der Waals surface area contributed by atoms with Crippen LogP contribution in [0.15, 0.2) is 11.6 Å². The van der Waals surface area contributed by atoms with Gasteiger partial charge in [-0.2, -0.15) is 0 Å². The van der Waals surface area contributed by atoms with Crippen LogP contribution in [-0.4, -0.2) is 13.2 Å². The van der Waals surface area contributed by atoms with Crippen LogP contribution in [0.3, 0.4) is 0 Å². The van der Waals surface area contributed by atoms with Crippen LogP contribution in [0.4, 0.5) is 0 Å². The minimum absolute atomic E-state index is 0.440. The van der Waals surface area contributed by atoms with Crippen molar-refractivity contribution in [3.8, 4) is 0 Å². The molecule has 0 spiro atoms. The quantitative estimate of drug-likeness (QED) is 0.527. The lowest BCUT2D eigenvalue weighted by atomic mass is 9.81. The Hall–Kier alpha value is -0.300. The molecule has 0 aliphatic heterocycles. The lowest BCUT2D eigenvalue weighted by Crippen LogP contribution is -2.28. The second kappa shape index (κ2) is 3.40. The van der Waals surface area contributed by atoms with Crippen molar-refractivity contribution >= 4 is 0 Å². The Bertz CT molecular complexity index is 160. The molecule has 0 aromatic rings. The van der Waals surface area contributed by atoms with E-state index in [0.717, 1.165) is 6.42 Å². The first kappa shape index (κ1) is 8.79. The summed E-state index contributed by atoms with van der Waals surface area (Å²) in [7, 11) is 1.81. The average molecular weight is 154 g/mol. The first-order chi connectivity index (χ1) is 5.15. The SMILES string of the molecule is COC1CC(C)=CC(C)C1C. The highest BCUT2D eigenvalue weighted by Gasteiger charge is 2.25. The summed E-state index contributed by atoms with van der Waals surface area (Å²) in [5.41, 5.74) is 1.47. The fraction of sp³-hybridized carbons (Fsp3) is 0.800. The van der Waals surface area contributed by atoms with Crippen LogP contribution in [0.5, 0.6) is 0 Å². The van der Waals surface area contributed by atoms with Crippen molar-refractivity contribution in [3.05, 3.63) is 11.6 Å². The van der Waals surface area contributed by atoms with Gasteiger partial charge in [0.15, 0.2) is 0 Å². The number of hydrogen-bond donors (Lipinski definition) is 0. The third-order valence-electron chi connectivity index (χ3n) is 2.79. The van der Waals surface area contributed by atoms with Crippen LogP contribution < -0.4 is 0 Å². The van der Waals surface area contributed by atoms with Gasteiger partial charge in [-0.25, -0.2) is 0 Å². The Labute approximate surface area is 69.4 Å². The summed E-state index contributed by atoms with van der Waals surface area (Å²) in [5.74, 6) is 1.34. The molecule has 0 bridgehead atoms. The minimum atomic E-state index is 0.440. The lowest BCUT2D eigenvalue weighted by Gasteiger charge is -2.31. The molecule has 0 radical (unpaired) electrons. The molecule has 0 saturated carbocycles. The zero-order valence-corrected chi connectivity index (χ0v) is 7.92. The first-order valence-corrected chi connectivity index (χ1v) is 4.35. The third kappa shape index (κ3) is 1.84. The highest BCUT2D eigenvalue weighted by molar-refractivity contribution is 5.08. The molecule has 1 rings (SSSR count). The number of ether oxygens (including phenoxy) is 1. The van der Waals surface area contributed by atoms with Crippen LogP contribution in [0.25, 0.3) is 0 Å². The van der Waals surface area contributed by atoms with Gasteiger partial charge in [0.2, 0.25) is 0 Å². The Morgan fingerprint density at radius 2 is 2.09 bits per heavy atom. The van der Waals surface area contributed by atoms with Gasteiger partial charge >= 0.3 is 0 Å². The highest BCUT2D eigenvalue weighted by Crippen LogP contribution is 2.29. The van der Waals surface area contributed by atoms with Crippen molar-refractivity contribution in [3.63, 3.8) is 0 Å². The Kier molecular flexibility index (Phi) is 2.72. The Balaban J connectivity index is 2.67. The van der Waals surface area contributed by atoms with Gasteiger partial charge < -0.3 is 4.74 Å². The fourth-order valence-corrected chi connectivity index (χ4v) is 1.81. The molecule has 0 fully saturated rings. The Morgan fingerprint density at radius 3 is 2.64 bits per heavy atom. The molecular weight excluding hydrogens is 136 g/mol. The fourth-order valence-electron chi connectivity index (χ4n) is 1.81. The van der Waals surface area contributed by atoms with Gasteiger partial charge in [0, 0.05) is 7.11 Å². The molecular formula is C10H18O. The largest absolute Gasteiger partial charge is 0.381 e. The number of allylic oxidation sites excluding steroid dienone is 1. The van der Waals surface area contributed by atoms with E-state index in [1.807, 2.05) is 7.11 Å². The van der Waals surface area contributed by atoms with Gasteiger partial charge in [0.25, 0.3) is 0 Å². The monoisotopic (exact) mass is 154 g/mol. The van der Waals surface area contributed by atoms with Crippen molar-refractivity contribution < 1.29 is 4.74 Å². The van der Waals surface area contributed by atoms with Crippen molar-refractivity contribution in [2.75, 3.05) is 7.11 Å². The predicted octanol–water partition coefficient (Wildman–Crippen LogP) is 2.62. The molecule has 1 aliphatic rings. The zero-order valence-electron chi connectivity index (χ0n) is 7.92. The van der Waals surface area contributed by atoms with Gasteiger partial charge in [-0.05, 0) is 25.2 Å². The van der Waals surface area contributed by atoms with Gasteiger partial charge in [0.1, 0.15) is 0 Å². The van der Waals surface area contributed by atoms with Gasteiger partial charge in [0.05, 0.1) is 6.10 Å². The molecule has 0 N–H and O–H groups in total.